The third-order valence-electron chi connectivity index (χ3n) is 4.94. The van der Waals surface area contributed by atoms with Crippen molar-refractivity contribution in [3.8, 4) is 0 Å². The maximum absolute atomic E-state index is 13.4. The average Bonchev–Trinajstić information content (AvgIpc) is 2.78. The van der Waals surface area contributed by atoms with E-state index in [0.717, 1.165) is 22.1 Å². The van der Waals surface area contributed by atoms with Gasteiger partial charge in [0.15, 0.2) is 0 Å². The predicted molar refractivity (Wildman–Crippen MR) is 124 cm³/mol. The monoisotopic (exact) mass is 489 g/mol. The van der Waals surface area contributed by atoms with E-state index in [4.69, 9.17) is 0 Å². The Balaban J connectivity index is 1.87. The van der Waals surface area contributed by atoms with E-state index < -0.39 is 34.2 Å². The zero-order chi connectivity index (χ0) is 24.9. The molecule has 3 aromatic carbocycles. The summed E-state index contributed by atoms with van der Waals surface area (Å²) in [5.74, 6) is -0.820. The number of halogens is 3. The molecule has 0 saturated carbocycles. The molecule has 6 nitrogen and oxygen atoms in total. The minimum atomic E-state index is -4.59. The summed E-state index contributed by atoms with van der Waals surface area (Å²) in [6.45, 7) is 2.90. The lowest BCUT2D eigenvalue weighted by atomic mass is 10.1. The molecule has 1 N–H and O–H groups in total. The van der Waals surface area contributed by atoms with Crippen LogP contribution in [0.3, 0.4) is 0 Å². The molecular weight excluding hydrogens is 467 g/mol. The molecule has 0 aromatic heterocycles. The van der Waals surface area contributed by atoms with Gasteiger partial charge in [-0.3, -0.25) is 9.10 Å². The maximum atomic E-state index is 13.4. The van der Waals surface area contributed by atoms with Crippen LogP contribution in [0.25, 0.3) is 0 Å². The Morgan fingerprint density at radius 2 is 1.59 bits per heavy atom. The molecule has 3 aromatic rings. The number of para-hydroxylation sites is 1. The number of sulfonamides is 1. The number of carbonyl (C=O) groups excluding carboxylic acids is 1. The Bertz CT molecular complexity index is 1300. The molecule has 0 bridgehead atoms. The predicted octanol–water partition coefficient (Wildman–Crippen LogP) is 4.67. The van der Waals surface area contributed by atoms with E-state index in [9.17, 15) is 26.4 Å². The lowest BCUT2D eigenvalue weighted by Crippen LogP contribution is -2.40. The van der Waals surface area contributed by atoms with Crippen LogP contribution in [0.5, 0.6) is 0 Å². The smallest absolute Gasteiger partial charge is 0.271 e. The van der Waals surface area contributed by atoms with Gasteiger partial charge in [-0.2, -0.15) is 18.3 Å². The van der Waals surface area contributed by atoms with Crippen molar-refractivity contribution in [1.82, 2.24) is 5.43 Å². The van der Waals surface area contributed by atoms with E-state index in [1.807, 2.05) is 6.92 Å². The fourth-order valence-electron chi connectivity index (χ4n) is 3.19. The minimum Gasteiger partial charge on any atom is -0.271 e. The lowest BCUT2D eigenvalue weighted by Gasteiger charge is -2.25. The number of alkyl halides is 3. The van der Waals surface area contributed by atoms with Crippen LogP contribution in [0.15, 0.2) is 82.8 Å². The third-order valence-corrected chi connectivity index (χ3v) is 6.71. The SMILES string of the molecule is Cc1ccc(S(=O)(=O)N(CC(=O)N/N=C/c2ccccc2C(F)(F)F)c2ccccc2C)cc1. The number of hydrogen-bond acceptors (Lipinski definition) is 4. The van der Waals surface area contributed by atoms with Gasteiger partial charge in [0.2, 0.25) is 0 Å². The first-order valence-electron chi connectivity index (χ1n) is 10.1. The topological polar surface area (TPSA) is 78.8 Å². The van der Waals surface area contributed by atoms with E-state index >= 15 is 0 Å². The molecule has 178 valence electrons. The van der Waals surface area contributed by atoms with Crippen LogP contribution in [0, 0.1) is 13.8 Å². The molecule has 0 aliphatic rings. The van der Waals surface area contributed by atoms with Gasteiger partial charge in [-0.05, 0) is 43.7 Å². The Labute approximate surface area is 195 Å². The number of benzene rings is 3. The van der Waals surface area contributed by atoms with E-state index in [1.54, 1.807) is 43.3 Å². The number of nitrogens with one attached hydrogen (secondary N) is 1. The highest BCUT2D eigenvalue weighted by atomic mass is 32.2. The summed E-state index contributed by atoms with van der Waals surface area (Å²) < 4.78 is 67.1. The van der Waals surface area contributed by atoms with Crippen LogP contribution in [0.2, 0.25) is 0 Å². The normalized spacial score (nSPS) is 12.0. The number of hydrazone groups is 1. The molecule has 0 radical (unpaired) electrons. The minimum absolute atomic E-state index is 0.00300. The van der Waals surface area contributed by atoms with Crippen LogP contribution >= 0.6 is 0 Å². The Morgan fingerprint density at radius 1 is 0.971 bits per heavy atom. The fourth-order valence-corrected chi connectivity index (χ4v) is 4.67. The summed E-state index contributed by atoms with van der Waals surface area (Å²) in [6.07, 6.45) is -3.72. The standard InChI is InChI=1S/C24H22F3N3O3S/c1-17-11-13-20(14-12-17)34(32,33)30(22-10-6-3-7-18(22)2)16-23(31)29-28-15-19-8-4-5-9-21(19)24(25,26)27/h3-15H,16H2,1-2H3,(H,29,31)/b28-15+. The van der Waals surface area contributed by atoms with Crippen LogP contribution in [0.1, 0.15) is 22.3 Å². The average molecular weight is 490 g/mol. The van der Waals surface area contributed by atoms with Crippen LogP contribution in [-0.4, -0.2) is 27.1 Å². The molecule has 0 atom stereocenters. The van der Waals surface area contributed by atoms with Gasteiger partial charge < -0.3 is 0 Å². The Hall–Kier alpha value is -3.66. The van der Waals surface area contributed by atoms with Crippen molar-refractivity contribution in [2.24, 2.45) is 5.10 Å². The van der Waals surface area contributed by atoms with Crippen LogP contribution in [0.4, 0.5) is 18.9 Å². The van der Waals surface area contributed by atoms with Gasteiger partial charge in [-0.15, -0.1) is 0 Å². The summed E-state index contributed by atoms with van der Waals surface area (Å²) in [4.78, 5) is 12.6. The van der Waals surface area contributed by atoms with Crippen molar-refractivity contribution in [2.75, 3.05) is 10.8 Å². The van der Waals surface area contributed by atoms with Crippen molar-refractivity contribution in [1.29, 1.82) is 0 Å². The number of hydrogen-bond donors (Lipinski definition) is 1. The van der Waals surface area contributed by atoms with Gasteiger partial charge in [0.1, 0.15) is 6.54 Å². The number of nitrogens with zero attached hydrogens (tertiary/aromatic N) is 2. The van der Waals surface area contributed by atoms with Gasteiger partial charge in [0.25, 0.3) is 15.9 Å². The highest BCUT2D eigenvalue weighted by Crippen LogP contribution is 2.31. The molecule has 34 heavy (non-hydrogen) atoms. The second-order valence-electron chi connectivity index (χ2n) is 7.49. The van der Waals surface area contributed by atoms with Crippen molar-refractivity contribution in [3.63, 3.8) is 0 Å². The molecule has 0 saturated heterocycles. The third kappa shape index (κ3) is 5.82. The Morgan fingerprint density at radius 3 is 2.24 bits per heavy atom. The van der Waals surface area contributed by atoms with Gasteiger partial charge in [0.05, 0.1) is 22.4 Å². The first-order chi connectivity index (χ1) is 16.0. The first kappa shape index (κ1) is 25.0. The van der Waals surface area contributed by atoms with E-state index in [-0.39, 0.29) is 10.5 Å². The number of rotatable bonds is 7. The van der Waals surface area contributed by atoms with Gasteiger partial charge in [-0.1, -0.05) is 54.1 Å². The van der Waals surface area contributed by atoms with E-state index in [1.165, 1.54) is 30.3 Å². The molecule has 0 aliphatic carbocycles. The maximum Gasteiger partial charge on any atom is 0.417 e. The number of amides is 1. The summed E-state index contributed by atoms with van der Waals surface area (Å²) in [5.41, 5.74) is 2.76. The molecule has 0 unspecified atom stereocenters. The molecule has 0 fully saturated rings. The molecular formula is C24H22F3N3O3S. The molecule has 0 heterocycles. The molecule has 1 amide bonds. The number of carbonyl (C=O) groups is 1. The summed E-state index contributed by atoms with van der Waals surface area (Å²) >= 11 is 0. The molecule has 0 aliphatic heterocycles. The largest absolute Gasteiger partial charge is 0.417 e. The van der Waals surface area contributed by atoms with E-state index in [0.29, 0.717) is 11.3 Å². The van der Waals surface area contributed by atoms with Crippen molar-refractivity contribution in [3.05, 3.63) is 95.1 Å². The summed E-state index contributed by atoms with van der Waals surface area (Å²) in [6, 6.07) is 17.6. The first-order valence-corrected chi connectivity index (χ1v) is 11.6. The molecule has 0 spiro atoms. The fraction of sp³-hybridized carbons (Fsp3) is 0.167. The summed E-state index contributed by atoms with van der Waals surface area (Å²) in [7, 11) is -4.12. The van der Waals surface area contributed by atoms with Crippen LogP contribution < -0.4 is 9.73 Å². The zero-order valence-electron chi connectivity index (χ0n) is 18.4. The summed E-state index contributed by atoms with van der Waals surface area (Å²) in [5, 5.41) is 3.61. The quantitative estimate of drug-likeness (QED) is 0.387. The van der Waals surface area contributed by atoms with Crippen molar-refractivity contribution in [2.45, 2.75) is 24.9 Å². The van der Waals surface area contributed by atoms with Crippen molar-refractivity contribution < 1.29 is 26.4 Å². The van der Waals surface area contributed by atoms with E-state index in [2.05, 4.69) is 10.5 Å². The molecule has 10 heteroatoms. The number of anilines is 1. The second kappa shape index (κ2) is 10.1. The van der Waals surface area contributed by atoms with Gasteiger partial charge in [-0.25, -0.2) is 13.8 Å². The highest BCUT2D eigenvalue weighted by molar-refractivity contribution is 7.92. The Kier molecular flexibility index (Phi) is 7.41. The second-order valence-corrected chi connectivity index (χ2v) is 9.35. The lowest BCUT2D eigenvalue weighted by molar-refractivity contribution is -0.137. The van der Waals surface area contributed by atoms with Crippen LogP contribution in [-0.2, 0) is 21.0 Å². The van der Waals surface area contributed by atoms with Gasteiger partial charge in [0, 0.05) is 5.56 Å². The van der Waals surface area contributed by atoms with Crippen molar-refractivity contribution >= 4 is 27.8 Å². The number of aryl methyl sites for hydroxylation is 2. The van der Waals surface area contributed by atoms with Gasteiger partial charge >= 0.3 is 6.18 Å². The molecule has 3 rings (SSSR count). The zero-order valence-corrected chi connectivity index (χ0v) is 19.2. The highest BCUT2D eigenvalue weighted by Gasteiger charge is 2.32.